The van der Waals surface area contributed by atoms with Gasteiger partial charge >= 0.3 is 0 Å². The Labute approximate surface area is 129 Å². The van der Waals surface area contributed by atoms with E-state index in [1.165, 1.54) is 6.42 Å². The smallest absolute Gasteiger partial charge is 0.231 e. The molecule has 2 atom stereocenters. The summed E-state index contributed by atoms with van der Waals surface area (Å²) in [6, 6.07) is 3.78. The summed E-state index contributed by atoms with van der Waals surface area (Å²) in [6.07, 6.45) is 5.52. The fourth-order valence-electron chi connectivity index (χ4n) is 2.92. The lowest BCUT2D eigenvalue weighted by molar-refractivity contribution is 0.115. The van der Waals surface area contributed by atoms with Crippen molar-refractivity contribution in [3.8, 4) is 17.3 Å². The summed E-state index contributed by atoms with van der Waals surface area (Å²) >= 11 is 0. The van der Waals surface area contributed by atoms with Gasteiger partial charge < -0.3 is 14.6 Å². The zero-order valence-electron chi connectivity index (χ0n) is 12.7. The van der Waals surface area contributed by atoms with E-state index in [-0.39, 0.29) is 0 Å². The lowest BCUT2D eigenvalue weighted by Gasteiger charge is -2.25. The molecular formula is C16H20N4O2. The van der Waals surface area contributed by atoms with Crippen molar-refractivity contribution >= 4 is 0 Å². The second-order valence-corrected chi connectivity index (χ2v) is 6.25. The fraction of sp³-hybridized carbons (Fsp3) is 0.562. The zero-order chi connectivity index (χ0) is 14.9. The largest absolute Gasteiger partial charge is 0.474 e. The average molecular weight is 300 g/mol. The van der Waals surface area contributed by atoms with Crippen LogP contribution in [0, 0.1) is 5.92 Å². The van der Waals surface area contributed by atoms with Gasteiger partial charge in [0.15, 0.2) is 0 Å². The molecule has 0 bridgehead atoms. The van der Waals surface area contributed by atoms with Crippen LogP contribution in [0.2, 0.25) is 0 Å². The van der Waals surface area contributed by atoms with E-state index >= 15 is 0 Å². The molecular weight excluding hydrogens is 280 g/mol. The second kappa shape index (κ2) is 5.68. The molecule has 116 valence electrons. The molecule has 0 radical (unpaired) electrons. The maximum absolute atomic E-state index is 5.83. The van der Waals surface area contributed by atoms with Crippen LogP contribution in [0.5, 0.6) is 5.88 Å². The van der Waals surface area contributed by atoms with E-state index in [1.807, 2.05) is 12.1 Å². The fourth-order valence-corrected chi connectivity index (χ4v) is 2.92. The Kier molecular flexibility index (Phi) is 3.54. The van der Waals surface area contributed by atoms with Gasteiger partial charge in [-0.05, 0) is 37.8 Å². The Morgan fingerprint density at radius 2 is 2.23 bits per heavy atom. The number of nitrogens with one attached hydrogen (secondary N) is 1. The molecule has 0 spiro atoms. The van der Waals surface area contributed by atoms with Gasteiger partial charge in [0.25, 0.3) is 0 Å². The van der Waals surface area contributed by atoms with E-state index in [9.17, 15) is 0 Å². The third kappa shape index (κ3) is 2.59. The summed E-state index contributed by atoms with van der Waals surface area (Å²) < 4.78 is 11.3. The van der Waals surface area contributed by atoms with Gasteiger partial charge in [-0.3, -0.25) is 0 Å². The minimum absolute atomic E-state index is 0.300. The first kappa shape index (κ1) is 13.7. The van der Waals surface area contributed by atoms with Crippen LogP contribution in [0.15, 0.2) is 22.9 Å². The molecule has 1 aliphatic carbocycles. The van der Waals surface area contributed by atoms with Gasteiger partial charge in [-0.2, -0.15) is 4.98 Å². The van der Waals surface area contributed by atoms with E-state index in [4.69, 9.17) is 9.26 Å². The first-order chi connectivity index (χ1) is 10.8. The summed E-state index contributed by atoms with van der Waals surface area (Å²) in [4.78, 5) is 8.83. The summed E-state index contributed by atoms with van der Waals surface area (Å²) in [6.45, 7) is 4.09. The van der Waals surface area contributed by atoms with Crippen molar-refractivity contribution in [3.05, 3.63) is 24.2 Å². The molecule has 1 aliphatic heterocycles. The van der Waals surface area contributed by atoms with Gasteiger partial charge in [0, 0.05) is 24.4 Å². The molecule has 2 aromatic rings. The van der Waals surface area contributed by atoms with Crippen LogP contribution in [0.4, 0.5) is 0 Å². The van der Waals surface area contributed by atoms with Crippen LogP contribution in [0.1, 0.15) is 38.0 Å². The predicted octanol–water partition coefficient (Wildman–Crippen LogP) is 2.39. The van der Waals surface area contributed by atoms with Crippen LogP contribution in [-0.2, 0) is 0 Å². The van der Waals surface area contributed by atoms with E-state index in [2.05, 4.69) is 27.4 Å². The van der Waals surface area contributed by atoms with E-state index in [1.54, 1.807) is 6.20 Å². The van der Waals surface area contributed by atoms with Gasteiger partial charge in [-0.15, -0.1) is 0 Å². The van der Waals surface area contributed by atoms with Crippen molar-refractivity contribution in [2.24, 2.45) is 5.92 Å². The highest BCUT2D eigenvalue weighted by Gasteiger charge is 2.29. The first-order valence-corrected chi connectivity index (χ1v) is 7.97. The highest BCUT2D eigenvalue weighted by atomic mass is 16.5. The molecule has 2 aliphatic rings. The molecule has 3 heterocycles. The summed E-state index contributed by atoms with van der Waals surface area (Å²) in [7, 11) is 0. The summed E-state index contributed by atoms with van der Waals surface area (Å²) in [5, 5.41) is 7.48. The third-order valence-electron chi connectivity index (χ3n) is 4.61. The first-order valence-electron chi connectivity index (χ1n) is 7.97. The molecule has 0 amide bonds. The number of hydrogen-bond acceptors (Lipinski definition) is 6. The van der Waals surface area contributed by atoms with Crippen LogP contribution < -0.4 is 10.1 Å². The monoisotopic (exact) mass is 300 g/mol. The van der Waals surface area contributed by atoms with Gasteiger partial charge in [0.1, 0.15) is 6.10 Å². The number of nitrogens with zero attached hydrogens (tertiary/aromatic N) is 3. The molecule has 6 heteroatoms. The Balaban J connectivity index is 1.54. The molecule has 1 saturated carbocycles. The Hall–Kier alpha value is -1.95. The minimum atomic E-state index is 0.300. The number of ether oxygens (including phenoxy) is 1. The highest BCUT2D eigenvalue weighted by molar-refractivity contribution is 5.55. The van der Waals surface area contributed by atoms with E-state index in [0.717, 1.165) is 31.5 Å². The highest BCUT2D eigenvalue weighted by Crippen LogP contribution is 2.29. The second-order valence-electron chi connectivity index (χ2n) is 6.25. The third-order valence-corrected chi connectivity index (χ3v) is 4.61. The Morgan fingerprint density at radius 1 is 1.32 bits per heavy atom. The van der Waals surface area contributed by atoms with E-state index in [0.29, 0.717) is 35.5 Å². The standard InChI is InChI=1S/C16H20N4O2/c1-10-8-17-9-13(10)16-19-15(20-22-16)11-5-6-18-14(7-11)21-12-3-2-4-12/h5-7,10,12-13,17H,2-4,8-9H2,1H3/t10-,13-/m1/s1. The van der Waals surface area contributed by atoms with Gasteiger partial charge in [-0.1, -0.05) is 12.1 Å². The maximum Gasteiger partial charge on any atom is 0.231 e. The molecule has 1 N–H and O–H groups in total. The van der Waals surface area contributed by atoms with Crippen molar-refractivity contribution in [3.63, 3.8) is 0 Å². The number of hydrogen-bond donors (Lipinski definition) is 1. The van der Waals surface area contributed by atoms with Crippen molar-refractivity contribution in [2.45, 2.75) is 38.2 Å². The van der Waals surface area contributed by atoms with Gasteiger partial charge in [0.2, 0.25) is 17.6 Å². The molecule has 22 heavy (non-hydrogen) atoms. The van der Waals surface area contributed by atoms with Gasteiger partial charge in [-0.25, -0.2) is 4.98 Å². The molecule has 2 fully saturated rings. The molecule has 6 nitrogen and oxygen atoms in total. The van der Waals surface area contributed by atoms with Crippen LogP contribution in [-0.4, -0.2) is 34.3 Å². The topological polar surface area (TPSA) is 73.1 Å². The number of rotatable bonds is 4. The lowest BCUT2D eigenvalue weighted by atomic mass is 9.96. The minimum Gasteiger partial charge on any atom is -0.474 e. The van der Waals surface area contributed by atoms with Crippen molar-refractivity contribution < 1.29 is 9.26 Å². The van der Waals surface area contributed by atoms with Crippen LogP contribution >= 0.6 is 0 Å². The summed E-state index contributed by atoms with van der Waals surface area (Å²) in [5.41, 5.74) is 0.887. The van der Waals surface area contributed by atoms with Crippen LogP contribution in [0.25, 0.3) is 11.4 Å². The van der Waals surface area contributed by atoms with E-state index < -0.39 is 0 Å². The zero-order valence-corrected chi connectivity index (χ0v) is 12.7. The SMILES string of the molecule is C[C@@H]1CNC[C@H]1c1nc(-c2ccnc(OC3CCC3)c2)no1. The molecule has 4 rings (SSSR count). The normalized spacial score (nSPS) is 25.1. The van der Waals surface area contributed by atoms with Gasteiger partial charge in [0.05, 0.1) is 5.92 Å². The molecule has 2 aromatic heterocycles. The van der Waals surface area contributed by atoms with Crippen molar-refractivity contribution in [1.29, 1.82) is 0 Å². The van der Waals surface area contributed by atoms with Crippen molar-refractivity contribution in [2.75, 3.05) is 13.1 Å². The molecule has 0 aromatic carbocycles. The summed E-state index contributed by atoms with van der Waals surface area (Å²) in [5.74, 6) is 2.78. The maximum atomic E-state index is 5.83. The van der Waals surface area contributed by atoms with Crippen molar-refractivity contribution in [1.82, 2.24) is 20.4 Å². The Bertz CT molecular complexity index is 653. The molecule has 0 unspecified atom stereocenters. The quantitative estimate of drug-likeness (QED) is 0.934. The lowest BCUT2D eigenvalue weighted by Crippen LogP contribution is -2.24. The molecule has 1 saturated heterocycles. The average Bonchev–Trinajstić information content (AvgIpc) is 3.12. The Morgan fingerprint density at radius 3 is 2.95 bits per heavy atom. The number of pyridine rings is 1. The predicted molar refractivity (Wildman–Crippen MR) is 80.6 cm³/mol. The van der Waals surface area contributed by atoms with Crippen LogP contribution in [0.3, 0.4) is 0 Å². The number of aromatic nitrogens is 3.